The molecule has 2 atom stereocenters. The van der Waals surface area contributed by atoms with Crippen molar-refractivity contribution in [1.82, 2.24) is 5.09 Å². The van der Waals surface area contributed by atoms with Crippen molar-refractivity contribution in [2.24, 2.45) is 0 Å². The molecule has 0 aliphatic heterocycles. The van der Waals surface area contributed by atoms with Crippen molar-refractivity contribution in [3.63, 3.8) is 0 Å². The normalized spacial score (nSPS) is 11.8. The zero-order valence-electron chi connectivity index (χ0n) is 6.29. The van der Waals surface area contributed by atoms with Gasteiger partial charge in [-0.15, -0.1) is 6.54 Å². The first-order valence-corrected chi connectivity index (χ1v) is 4.02. The number of aliphatic carboxylic acids is 1. The fourth-order valence-corrected chi connectivity index (χ4v) is 0.948. The molecule has 2 unspecified atom stereocenters. The van der Waals surface area contributed by atoms with Gasteiger partial charge >= 0.3 is 5.97 Å². The van der Waals surface area contributed by atoms with Crippen LogP contribution >= 0.6 is 8.73 Å². The molecule has 11 heavy (non-hydrogen) atoms. The van der Waals surface area contributed by atoms with Gasteiger partial charge in [-0.25, -0.2) is 0 Å². The Morgan fingerprint density at radius 3 is 2.27 bits per heavy atom. The molecule has 0 spiro atoms. The maximum Gasteiger partial charge on any atom is 0.319 e. The molecule has 0 aromatic rings. The average Bonchev–Trinajstić information content (AvgIpc) is 1.82. The Morgan fingerprint density at radius 2 is 2.18 bits per heavy atom. The van der Waals surface area contributed by atoms with Crippen LogP contribution in [0.4, 0.5) is 0 Å². The zero-order valence-corrected chi connectivity index (χ0v) is 14.7. The summed E-state index contributed by atoms with van der Waals surface area (Å²) in [6.07, 6.45) is 0. The first-order chi connectivity index (χ1) is 4.22. The van der Waals surface area contributed by atoms with E-state index >= 15 is 0 Å². The van der Waals surface area contributed by atoms with Crippen LogP contribution in [0.25, 0.3) is 5.73 Å². The van der Waals surface area contributed by atoms with Gasteiger partial charge < -0.3 is 10.8 Å². The summed E-state index contributed by atoms with van der Waals surface area (Å²) >= 11 is 0. The van der Waals surface area contributed by atoms with Gasteiger partial charge in [-0.2, -0.15) is 0 Å². The number of hydrogen-bond donors (Lipinski definition) is 2. The Morgan fingerprint density at radius 1 is 1.73 bits per heavy atom. The van der Waals surface area contributed by atoms with Crippen molar-refractivity contribution < 1.29 is 92.5 Å². The van der Waals surface area contributed by atoms with Gasteiger partial charge in [0.25, 0.3) is 0 Å². The van der Waals surface area contributed by atoms with E-state index in [9.17, 15) is 4.79 Å². The predicted molar refractivity (Wildman–Crippen MR) is 38.0 cm³/mol. The van der Waals surface area contributed by atoms with E-state index in [1.54, 1.807) is 0 Å². The molecule has 0 aromatic heterocycles. The number of carbonyl (C=O) groups is 1. The molecule has 0 aliphatic carbocycles. The smallest absolute Gasteiger partial charge is 0.319 e. The van der Waals surface area contributed by atoms with Crippen LogP contribution in [0.1, 0.15) is 0 Å². The average molecular weight is 431 g/mol. The minimum absolute atomic E-state index is 0. The van der Waals surface area contributed by atoms with Crippen LogP contribution in [-0.4, -0.2) is 30.3 Å². The number of rotatable bonds is 4. The Balaban J connectivity index is -0.000000320. The monoisotopic (exact) mass is 431 g/mol. The van der Waals surface area contributed by atoms with E-state index in [2.05, 4.69) is 5.09 Å². The molecule has 0 saturated carbocycles. The van der Waals surface area contributed by atoms with Crippen LogP contribution in [0.2, 0.25) is 0 Å². The molecule has 3 N–H and O–H groups in total. The summed E-state index contributed by atoms with van der Waals surface area (Å²) in [4.78, 5) is 10.1. The second kappa shape index (κ2) is 12.5. The van der Waals surface area contributed by atoms with Crippen LogP contribution in [0.5, 0.6) is 0 Å². The molecular weight excluding hydrogens is 421 g/mol. The first-order valence-electron chi connectivity index (χ1n) is 2.52. The Labute approximate surface area is 135 Å². The van der Waals surface area contributed by atoms with Crippen molar-refractivity contribution in [2.45, 2.75) is 6.04 Å². The predicted octanol–water partition coefficient (Wildman–Crippen LogP) is 0.305. The molecule has 0 fully saturated rings. The van der Waals surface area contributed by atoms with Gasteiger partial charge in [0.2, 0.25) is 0 Å². The van der Waals surface area contributed by atoms with Crippen molar-refractivity contribution in [3.05, 3.63) is 5.73 Å². The number of carboxylic acid groups (broad SMARTS) is 1. The molecule has 7 heteroatoms. The third-order valence-corrected chi connectivity index (χ3v) is 1.46. The molecular formula is C4H10N2O2PPr2-. The van der Waals surface area contributed by atoms with E-state index in [4.69, 9.17) is 10.8 Å². The van der Waals surface area contributed by atoms with E-state index < -0.39 is 12.0 Å². The molecule has 0 saturated heterocycles. The van der Waals surface area contributed by atoms with Crippen molar-refractivity contribution in [1.29, 1.82) is 0 Å². The summed E-state index contributed by atoms with van der Waals surface area (Å²) in [5, 5.41) is 11.0. The molecule has 2 radical (unpaired) electrons. The third kappa shape index (κ3) is 10.5. The van der Waals surface area contributed by atoms with Gasteiger partial charge in [0.15, 0.2) is 0 Å². The van der Waals surface area contributed by atoms with Crippen LogP contribution in [-0.2, 0) is 4.79 Å². The molecule has 0 aromatic carbocycles. The van der Waals surface area contributed by atoms with Crippen LogP contribution in [0.3, 0.4) is 0 Å². The second-order valence-electron chi connectivity index (χ2n) is 1.49. The zero-order chi connectivity index (χ0) is 7.28. The summed E-state index contributed by atoms with van der Waals surface area (Å²) in [6.45, 7) is 1.74. The van der Waals surface area contributed by atoms with E-state index in [1.807, 2.05) is 6.66 Å². The largest absolute Gasteiger partial charge is 0.676 e. The standard InChI is InChI=1S/C4H10N2O2P.2Pr/c1-9-6-3(2-5)4(7)8;;/h3,5-6,9H,2H2,1H3,(H,7,8);;/q-1;;. The van der Waals surface area contributed by atoms with Crippen LogP contribution in [0.15, 0.2) is 0 Å². The SMILES string of the molecule is CPNC(C[NH-])C(=O)O.[Pr].[Pr]. The van der Waals surface area contributed by atoms with Crippen LogP contribution in [0, 0.1) is 82.6 Å². The van der Waals surface area contributed by atoms with Gasteiger partial charge in [0.05, 0.1) is 6.04 Å². The van der Waals surface area contributed by atoms with Crippen LogP contribution < -0.4 is 5.09 Å². The molecule has 0 heterocycles. The summed E-state index contributed by atoms with van der Waals surface area (Å²) in [7, 11) is 0.387. The number of carboxylic acids is 1. The summed E-state index contributed by atoms with van der Waals surface area (Å²) < 4.78 is 0. The number of nitrogens with one attached hydrogen (secondary N) is 2. The van der Waals surface area contributed by atoms with Gasteiger partial charge in [-0.05, 0) is 6.66 Å². The van der Waals surface area contributed by atoms with E-state index in [0.29, 0.717) is 8.73 Å². The van der Waals surface area contributed by atoms with Gasteiger partial charge in [-0.1, -0.05) is 8.73 Å². The molecule has 4 nitrogen and oxygen atoms in total. The van der Waals surface area contributed by atoms with Crippen molar-refractivity contribution >= 4 is 14.7 Å². The summed E-state index contributed by atoms with van der Waals surface area (Å²) in [5.74, 6) is -0.945. The minimum Gasteiger partial charge on any atom is -0.676 e. The maximum absolute atomic E-state index is 10.1. The Bertz CT molecular complexity index is 106. The second-order valence-corrected chi connectivity index (χ2v) is 2.28. The van der Waals surface area contributed by atoms with E-state index in [0.717, 1.165) is 0 Å². The van der Waals surface area contributed by atoms with Gasteiger partial charge in [-0.3, -0.25) is 9.88 Å². The minimum atomic E-state index is -0.945. The molecule has 0 aliphatic rings. The molecule has 0 bridgehead atoms. The first kappa shape index (κ1) is 19.2. The quantitative estimate of drug-likeness (QED) is 0.630. The topological polar surface area (TPSA) is 73.1 Å². The fourth-order valence-electron chi connectivity index (χ4n) is 0.374. The Hall–Kier alpha value is 2.55. The molecule has 60 valence electrons. The molecule has 0 rings (SSSR count). The van der Waals surface area contributed by atoms with Gasteiger partial charge in [0, 0.05) is 82.6 Å². The summed E-state index contributed by atoms with van der Waals surface area (Å²) in [6, 6.07) is -0.687. The van der Waals surface area contributed by atoms with Crippen molar-refractivity contribution in [3.8, 4) is 0 Å². The van der Waals surface area contributed by atoms with E-state index in [-0.39, 0.29) is 89.1 Å². The Kier molecular flexibility index (Phi) is 21.9. The van der Waals surface area contributed by atoms with Gasteiger partial charge in [0.1, 0.15) is 0 Å². The van der Waals surface area contributed by atoms with Crippen molar-refractivity contribution in [2.75, 3.05) is 13.2 Å². The maximum atomic E-state index is 10.1. The van der Waals surface area contributed by atoms with E-state index in [1.165, 1.54) is 0 Å². The number of hydrogen-bond acceptors (Lipinski definition) is 2. The molecule has 0 amide bonds. The third-order valence-electron chi connectivity index (χ3n) is 0.821. The fraction of sp³-hybridized carbons (Fsp3) is 0.750. The summed E-state index contributed by atoms with van der Waals surface area (Å²) in [5.41, 5.74) is 6.75.